The van der Waals surface area contributed by atoms with Gasteiger partial charge in [0.25, 0.3) is 0 Å². The standard InChI is InChI=1S/C75H54N2/c1-75(2)73-64-45-40-60(76(58-31-17-7-18-32-58)70-48-55(51-23-9-3-10-24-51)37-42-62(70)53-27-13-5-14-28-53)47-57(64)39-44-68(73)72-66-36-22-21-35-65(66)69-50-61(41-46-67(69)74(72)75)77(59-33-19-8-20-34-59)71-49-56(52-25-11-4-12-26-52)38-43-63(71)54-29-15-6-16-30-54/h3-50H,1-2H3. The monoisotopic (exact) mass is 982 g/mol. The SMILES string of the molecule is CC1(C)c2c(ccc3cc(N(c4ccccc4)c4cc(-c5ccccc5)ccc4-c4ccccc4)ccc23)-c2c1c1ccc(N(c3ccccc3)c3cc(-c4ccccc4)ccc3-c3ccccc3)cc1c1ccccc21. The molecule has 0 saturated heterocycles. The summed E-state index contributed by atoms with van der Waals surface area (Å²) in [5.74, 6) is 0. The van der Waals surface area contributed by atoms with Crippen LogP contribution in [0.4, 0.5) is 34.1 Å². The Morgan fingerprint density at radius 2 is 0.662 bits per heavy atom. The average molecular weight is 983 g/mol. The molecule has 0 aliphatic heterocycles. The Kier molecular flexibility index (Phi) is 11.2. The van der Waals surface area contributed by atoms with E-state index >= 15 is 0 Å². The van der Waals surface area contributed by atoms with Crippen molar-refractivity contribution < 1.29 is 0 Å². The van der Waals surface area contributed by atoms with Crippen LogP contribution in [0.25, 0.3) is 88.0 Å². The highest BCUT2D eigenvalue weighted by Gasteiger charge is 2.40. The largest absolute Gasteiger partial charge is 0.310 e. The van der Waals surface area contributed by atoms with Gasteiger partial charge in [0.15, 0.2) is 0 Å². The molecule has 77 heavy (non-hydrogen) atoms. The molecule has 0 saturated carbocycles. The van der Waals surface area contributed by atoms with E-state index in [1.54, 1.807) is 0 Å². The van der Waals surface area contributed by atoms with Crippen LogP contribution >= 0.6 is 0 Å². The molecule has 13 aromatic rings. The summed E-state index contributed by atoms with van der Waals surface area (Å²) in [5, 5.41) is 7.55. The second-order valence-electron chi connectivity index (χ2n) is 20.8. The third-order valence-corrected chi connectivity index (χ3v) is 15.9. The molecule has 2 heteroatoms. The number of fused-ring (bicyclic) bond motifs is 10. The van der Waals surface area contributed by atoms with E-state index in [1.807, 2.05) is 0 Å². The highest BCUT2D eigenvalue weighted by Crippen LogP contribution is 2.58. The fourth-order valence-electron chi connectivity index (χ4n) is 12.5. The first-order valence-corrected chi connectivity index (χ1v) is 26.7. The molecule has 0 atom stereocenters. The van der Waals surface area contributed by atoms with Crippen LogP contribution in [0.15, 0.2) is 291 Å². The van der Waals surface area contributed by atoms with Gasteiger partial charge in [0.05, 0.1) is 11.4 Å². The highest BCUT2D eigenvalue weighted by molar-refractivity contribution is 6.20. The Morgan fingerprint density at radius 3 is 1.17 bits per heavy atom. The van der Waals surface area contributed by atoms with Crippen molar-refractivity contribution in [2.24, 2.45) is 0 Å². The summed E-state index contributed by atoms with van der Waals surface area (Å²) in [7, 11) is 0. The van der Waals surface area contributed by atoms with Crippen molar-refractivity contribution >= 4 is 66.4 Å². The van der Waals surface area contributed by atoms with Crippen LogP contribution in [0.2, 0.25) is 0 Å². The smallest absolute Gasteiger partial charge is 0.0546 e. The quantitative estimate of drug-likeness (QED) is 0.126. The number of hydrogen-bond acceptors (Lipinski definition) is 2. The molecular weight excluding hydrogens is 929 g/mol. The molecule has 0 fully saturated rings. The van der Waals surface area contributed by atoms with Crippen molar-refractivity contribution in [3.8, 4) is 55.6 Å². The Morgan fingerprint density at radius 1 is 0.247 bits per heavy atom. The first-order valence-electron chi connectivity index (χ1n) is 26.7. The van der Waals surface area contributed by atoms with Gasteiger partial charge in [0, 0.05) is 39.3 Å². The number of anilines is 6. The lowest BCUT2D eigenvalue weighted by molar-refractivity contribution is 0.672. The Labute approximate surface area is 451 Å². The number of nitrogens with zero attached hydrogens (tertiary/aromatic N) is 2. The van der Waals surface area contributed by atoms with E-state index in [0.29, 0.717) is 0 Å². The van der Waals surface area contributed by atoms with Crippen molar-refractivity contribution in [2.75, 3.05) is 9.80 Å². The van der Waals surface area contributed by atoms with Gasteiger partial charge in [0.1, 0.15) is 0 Å². The number of rotatable bonds is 10. The Hall–Kier alpha value is -9.76. The van der Waals surface area contributed by atoms with Crippen molar-refractivity contribution in [3.63, 3.8) is 0 Å². The molecule has 0 bridgehead atoms. The van der Waals surface area contributed by atoms with Gasteiger partial charge in [-0.3, -0.25) is 0 Å². The van der Waals surface area contributed by atoms with Crippen molar-refractivity contribution in [1.82, 2.24) is 0 Å². The normalized spacial score (nSPS) is 12.4. The average Bonchev–Trinajstić information content (AvgIpc) is 3.79. The first-order chi connectivity index (χ1) is 38.0. The minimum atomic E-state index is -0.331. The van der Waals surface area contributed by atoms with E-state index in [-0.39, 0.29) is 5.41 Å². The van der Waals surface area contributed by atoms with Gasteiger partial charge in [-0.25, -0.2) is 0 Å². The van der Waals surface area contributed by atoms with Crippen LogP contribution in [-0.4, -0.2) is 0 Å². The maximum Gasteiger partial charge on any atom is 0.0546 e. The Bertz CT molecular complexity index is 4320. The minimum Gasteiger partial charge on any atom is -0.310 e. The lowest BCUT2D eigenvalue weighted by Crippen LogP contribution is -2.17. The van der Waals surface area contributed by atoms with Crippen molar-refractivity contribution in [2.45, 2.75) is 19.3 Å². The maximum absolute atomic E-state index is 2.46. The van der Waals surface area contributed by atoms with Crippen LogP contribution < -0.4 is 9.80 Å². The summed E-state index contributed by atoms with van der Waals surface area (Å²) in [4.78, 5) is 4.90. The van der Waals surface area contributed by atoms with E-state index in [1.165, 1.54) is 99.1 Å². The predicted octanol–water partition coefficient (Wildman–Crippen LogP) is 21.1. The van der Waals surface area contributed by atoms with Gasteiger partial charge in [0.2, 0.25) is 0 Å². The molecule has 0 N–H and O–H groups in total. The summed E-state index contributed by atoms with van der Waals surface area (Å²) in [6.07, 6.45) is 0. The second kappa shape index (κ2) is 18.9. The summed E-state index contributed by atoms with van der Waals surface area (Å²) >= 11 is 0. The van der Waals surface area contributed by atoms with Crippen LogP contribution in [0.3, 0.4) is 0 Å². The lowest BCUT2D eigenvalue weighted by Gasteiger charge is -2.30. The summed E-state index contributed by atoms with van der Waals surface area (Å²) in [6.45, 7) is 4.89. The summed E-state index contributed by atoms with van der Waals surface area (Å²) in [5.41, 5.74) is 21.1. The highest BCUT2D eigenvalue weighted by atomic mass is 15.2. The molecule has 0 aromatic heterocycles. The molecule has 0 unspecified atom stereocenters. The van der Waals surface area contributed by atoms with Crippen molar-refractivity contribution in [3.05, 3.63) is 302 Å². The van der Waals surface area contributed by atoms with E-state index in [9.17, 15) is 0 Å². The van der Waals surface area contributed by atoms with E-state index in [0.717, 1.165) is 34.1 Å². The van der Waals surface area contributed by atoms with Gasteiger partial charge in [-0.2, -0.15) is 0 Å². The molecule has 0 heterocycles. The number of hydrogen-bond donors (Lipinski definition) is 0. The molecule has 0 radical (unpaired) electrons. The van der Waals surface area contributed by atoms with Gasteiger partial charge < -0.3 is 9.80 Å². The summed E-state index contributed by atoms with van der Waals surface area (Å²) in [6, 6.07) is 107. The van der Waals surface area contributed by atoms with Crippen LogP contribution in [0, 0.1) is 0 Å². The Balaban J connectivity index is 0.942. The van der Waals surface area contributed by atoms with E-state index < -0.39 is 0 Å². The molecular formula is C75H54N2. The molecule has 14 rings (SSSR count). The molecule has 0 spiro atoms. The van der Waals surface area contributed by atoms with Gasteiger partial charge in [-0.05, 0) is 149 Å². The molecule has 2 nitrogen and oxygen atoms in total. The molecule has 1 aliphatic carbocycles. The fraction of sp³-hybridized carbons (Fsp3) is 0.0400. The molecule has 1 aliphatic rings. The number of benzene rings is 13. The van der Waals surface area contributed by atoms with E-state index in [4.69, 9.17) is 0 Å². The fourth-order valence-corrected chi connectivity index (χ4v) is 12.5. The molecule has 0 amide bonds. The lowest BCUT2D eigenvalue weighted by atomic mass is 9.77. The second-order valence-corrected chi connectivity index (χ2v) is 20.8. The zero-order chi connectivity index (χ0) is 51.5. The van der Waals surface area contributed by atoms with E-state index in [2.05, 4.69) is 315 Å². The zero-order valence-corrected chi connectivity index (χ0v) is 43.1. The molecule has 364 valence electrons. The zero-order valence-electron chi connectivity index (χ0n) is 43.1. The topological polar surface area (TPSA) is 6.48 Å². The first kappa shape index (κ1) is 45.8. The number of para-hydroxylation sites is 2. The third-order valence-electron chi connectivity index (χ3n) is 15.9. The molecule has 13 aromatic carbocycles. The van der Waals surface area contributed by atoms with Gasteiger partial charge in [-0.15, -0.1) is 0 Å². The summed E-state index contributed by atoms with van der Waals surface area (Å²) < 4.78 is 0. The van der Waals surface area contributed by atoms with Crippen LogP contribution in [-0.2, 0) is 5.41 Å². The predicted molar refractivity (Wildman–Crippen MR) is 328 cm³/mol. The van der Waals surface area contributed by atoms with Gasteiger partial charge >= 0.3 is 0 Å². The van der Waals surface area contributed by atoms with Gasteiger partial charge in [-0.1, -0.05) is 244 Å². The minimum absolute atomic E-state index is 0.331. The van der Waals surface area contributed by atoms with Crippen molar-refractivity contribution in [1.29, 1.82) is 0 Å². The maximum atomic E-state index is 2.46. The van der Waals surface area contributed by atoms with Crippen LogP contribution in [0.1, 0.15) is 25.0 Å². The third kappa shape index (κ3) is 7.88. The van der Waals surface area contributed by atoms with Crippen LogP contribution in [0.5, 0.6) is 0 Å².